The van der Waals surface area contributed by atoms with Crippen molar-refractivity contribution in [3.63, 3.8) is 0 Å². The Bertz CT molecular complexity index is 724. The van der Waals surface area contributed by atoms with Gasteiger partial charge in [-0.3, -0.25) is 4.79 Å². The van der Waals surface area contributed by atoms with Crippen LogP contribution in [0, 0.1) is 0 Å². The Hall–Kier alpha value is -1.85. The summed E-state index contributed by atoms with van der Waals surface area (Å²) < 4.78 is 11.1. The predicted octanol–water partition coefficient (Wildman–Crippen LogP) is 4.80. The van der Waals surface area contributed by atoms with Crippen molar-refractivity contribution in [2.75, 3.05) is 25.5 Å². The lowest BCUT2D eigenvalue weighted by Crippen LogP contribution is -2.25. The zero-order chi connectivity index (χ0) is 18.8. The van der Waals surface area contributed by atoms with Crippen molar-refractivity contribution in [1.29, 1.82) is 0 Å². The topological polar surface area (TPSA) is 47.6 Å². The number of benzene rings is 2. The minimum absolute atomic E-state index is 0.114. The Labute approximate surface area is 164 Å². The summed E-state index contributed by atoms with van der Waals surface area (Å²) in [5, 5.41) is 3.68. The smallest absolute Gasteiger partial charge is 0.251 e. The highest BCUT2D eigenvalue weighted by atomic mass is 35.5. The van der Waals surface area contributed by atoms with E-state index in [4.69, 9.17) is 21.1 Å². The maximum Gasteiger partial charge on any atom is 0.251 e. The van der Waals surface area contributed by atoms with E-state index in [1.165, 1.54) is 5.56 Å². The molecule has 0 unspecified atom stereocenters. The molecule has 2 aromatic carbocycles. The lowest BCUT2D eigenvalue weighted by Gasteiger charge is -2.12. The highest BCUT2D eigenvalue weighted by Crippen LogP contribution is 2.28. The minimum Gasteiger partial charge on any atom is -0.490 e. The summed E-state index contributed by atoms with van der Waals surface area (Å²) >= 11 is 7.73. The number of thioether (sulfide) groups is 1. The number of nitrogens with one attached hydrogen (secondary N) is 1. The molecule has 0 spiro atoms. The van der Waals surface area contributed by atoms with Crippen LogP contribution in [-0.2, 0) is 5.75 Å². The Kier molecular flexibility index (Phi) is 8.65. The van der Waals surface area contributed by atoms with Gasteiger partial charge >= 0.3 is 0 Å². The number of hydrogen-bond donors (Lipinski definition) is 1. The standard InChI is InChI=1S/C20H24ClNO3S/c1-3-24-18-9-8-16(13-19(18)25-4-2)20(23)22-10-11-26-14-15-6-5-7-17(21)12-15/h5-9,12-13H,3-4,10-11,14H2,1-2H3,(H,22,23). The maximum atomic E-state index is 12.3. The molecule has 0 atom stereocenters. The van der Waals surface area contributed by atoms with Gasteiger partial charge in [-0.15, -0.1) is 0 Å². The highest BCUT2D eigenvalue weighted by molar-refractivity contribution is 7.98. The van der Waals surface area contributed by atoms with E-state index in [1.807, 2.05) is 38.1 Å². The highest BCUT2D eigenvalue weighted by Gasteiger charge is 2.11. The number of hydrogen-bond acceptors (Lipinski definition) is 4. The second-order valence-corrected chi connectivity index (χ2v) is 7.01. The lowest BCUT2D eigenvalue weighted by atomic mass is 10.2. The van der Waals surface area contributed by atoms with E-state index in [0.717, 1.165) is 16.5 Å². The average molecular weight is 394 g/mol. The summed E-state index contributed by atoms with van der Waals surface area (Å²) in [7, 11) is 0. The number of amides is 1. The van der Waals surface area contributed by atoms with E-state index in [2.05, 4.69) is 5.32 Å². The maximum absolute atomic E-state index is 12.3. The molecule has 0 aromatic heterocycles. The molecular weight excluding hydrogens is 370 g/mol. The van der Waals surface area contributed by atoms with Gasteiger partial charge in [0, 0.05) is 28.6 Å². The Morgan fingerprint density at radius 3 is 2.58 bits per heavy atom. The van der Waals surface area contributed by atoms with E-state index in [0.29, 0.717) is 36.8 Å². The Morgan fingerprint density at radius 1 is 1.08 bits per heavy atom. The van der Waals surface area contributed by atoms with Gasteiger partial charge < -0.3 is 14.8 Å². The van der Waals surface area contributed by atoms with Gasteiger partial charge in [0.05, 0.1) is 13.2 Å². The average Bonchev–Trinajstić information content (AvgIpc) is 2.63. The van der Waals surface area contributed by atoms with Gasteiger partial charge in [-0.2, -0.15) is 11.8 Å². The van der Waals surface area contributed by atoms with Crippen LogP contribution in [0.15, 0.2) is 42.5 Å². The molecular formula is C20H24ClNO3S. The van der Waals surface area contributed by atoms with Crippen LogP contribution < -0.4 is 14.8 Å². The van der Waals surface area contributed by atoms with Crippen LogP contribution in [0.5, 0.6) is 11.5 Å². The molecule has 1 amide bonds. The summed E-state index contributed by atoms with van der Waals surface area (Å²) in [5.41, 5.74) is 1.75. The molecule has 2 rings (SSSR count). The van der Waals surface area contributed by atoms with E-state index in [1.54, 1.807) is 30.0 Å². The van der Waals surface area contributed by atoms with Crippen molar-refractivity contribution in [3.05, 3.63) is 58.6 Å². The molecule has 26 heavy (non-hydrogen) atoms. The first-order chi connectivity index (χ1) is 12.6. The Morgan fingerprint density at radius 2 is 1.85 bits per heavy atom. The molecule has 140 valence electrons. The fourth-order valence-electron chi connectivity index (χ4n) is 2.35. The van der Waals surface area contributed by atoms with Gasteiger partial charge in [0.15, 0.2) is 11.5 Å². The number of rotatable bonds is 10. The van der Waals surface area contributed by atoms with Crippen LogP contribution in [-0.4, -0.2) is 31.4 Å². The quantitative estimate of drug-likeness (QED) is 0.589. The number of carbonyl (C=O) groups is 1. The summed E-state index contributed by atoms with van der Waals surface area (Å²) in [4.78, 5) is 12.3. The second kappa shape index (κ2) is 11.0. The fourth-order valence-corrected chi connectivity index (χ4v) is 3.37. The molecule has 0 bridgehead atoms. The van der Waals surface area contributed by atoms with Crippen molar-refractivity contribution in [2.45, 2.75) is 19.6 Å². The fraction of sp³-hybridized carbons (Fsp3) is 0.350. The molecule has 0 heterocycles. The second-order valence-electron chi connectivity index (χ2n) is 5.47. The van der Waals surface area contributed by atoms with Crippen LogP contribution >= 0.6 is 23.4 Å². The lowest BCUT2D eigenvalue weighted by molar-refractivity contribution is 0.0955. The molecule has 0 saturated carbocycles. The van der Waals surface area contributed by atoms with Gasteiger partial charge in [-0.1, -0.05) is 23.7 Å². The first kappa shape index (κ1) is 20.5. The largest absolute Gasteiger partial charge is 0.490 e. The van der Waals surface area contributed by atoms with Crippen molar-refractivity contribution >= 4 is 29.3 Å². The molecule has 0 aliphatic rings. The molecule has 6 heteroatoms. The number of ether oxygens (including phenoxy) is 2. The van der Waals surface area contributed by atoms with Crippen molar-refractivity contribution in [1.82, 2.24) is 5.32 Å². The molecule has 0 aliphatic carbocycles. The summed E-state index contributed by atoms with van der Waals surface area (Å²) in [6.07, 6.45) is 0. The van der Waals surface area contributed by atoms with Crippen LogP contribution in [0.4, 0.5) is 0 Å². The van der Waals surface area contributed by atoms with Gasteiger partial charge in [-0.05, 0) is 49.7 Å². The molecule has 4 nitrogen and oxygen atoms in total. The molecule has 1 N–H and O–H groups in total. The summed E-state index contributed by atoms with van der Waals surface area (Å²) in [6, 6.07) is 13.1. The van der Waals surface area contributed by atoms with Crippen LogP contribution in [0.1, 0.15) is 29.8 Å². The van der Waals surface area contributed by atoms with Gasteiger partial charge in [0.2, 0.25) is 0 Å². The number of carbonyl (C=O) groups excluding carboxylic acids is 1. The summed E-state index contributed by atoms with van der Waals surface area (Å²) in [5.74, 6) is 2.83. The third-order valence-electron chi connectivity index (χ3n) is 3.50. The third kappa shape index (κ3) is 6.46. The van der Waals surface area contributed by atoms with Gasteiger partial charge in [-0.25, -0.2) is 0 Å². The predicted molar refractivity (Wildman–Crippen MR) is 109 cm³/mol. The van der Waals surface area contributed by atoms with E-state index in [9.17, 15) is 4.79 Å². The van der Waals surface area contributed by atoms with Crippen molar-refractivity contribution < 1.29 is 14.3 Å². The monoisotopic (exact) mass is 393 g/mol. The normalized spacial score (nSPS) is 10.4. The van der Waals surface area contributed by atoms with E-state index < -0.39 is 0 Å². The molecule has 0 fully saturated rings. The van der Waals surface area contributed by atoms with Crippen molar-refractivity contribution in [3.8, 4) is 11.5 Å². The first-order valence-electron chi connectivity index (χ1n) is 8.64. The van der Waals surface area contributed by atoms with Crippen LogP contribution in [0.25, 0.3) is 0 Å². The van der Waals surface area contributed by atoms with Gasteiger partial charge in [0.25, 0.3) is 5.91 Å². The van der Waals surface area contributed by atoms with Crippen molar-refractivity contribution in [2.24, 2.45) is 0 Å². The van der Waals surface area contributed by atoms with E-state index in [-0.39, 0.29) is 5.91 Å². The molecule has 0 saturated heterocycles. The van der Waals surface area contributed by atoms with Crippen LogP contribution in [0.3, 0.4) is 0 Å². The molecule has 0 radical (unpaired) electrons. The first-order valence-corrected chi connectivity index (χ1v) is 10.2. The zero-order valence-electron chi connectivity index (χ0n) is 15.1. The Balaban J connectivity index is 1.80. The summed E-state index contributed by atoms with van der Waals surface area (Å²) in [6.45, 7) is 5.49. The van der Waals surface area contributed by atoms with E-state index >= 15 is 0 Å². The molecule has 2 aromatic rings. The minimum atomic E-state index is -0.114. The molecule has 0 aliphatic heterocycles. The van der Waals surface area contributed by atoms with Crippen LogP contribution in [0.2, 0.25) is 5.02 Å². The number of halogens is 1. The third-order valence-corrected chi connectivity index (χ3v) is 4.76. The zero-order valence-corrected chi connectivity index (χ0v) is 16.7. The SMILES string of the molecule is CCOc1ccc(C(=O)NCCSCc2cccc(Cl)c2)cc1OCC. The van der Waals surface area contributed by atoms with Gasteiger partial charge in [0.1, 0.15) is 0 Å².